The van der Waals surface area contributed by atoms with Crippen molar-refractivity contribution in [1.29, 1.82) is 0 Å². The van der Waals surface area contributed by atoms with Crippen LogP contribution in [0.5, 0.6) is 0 Å². The molecule has 0 aliphatic rings. The van der Waals surface area contributed by atoms with E-state index in [-0.39, 0.29) is 11.8 Å². The van der Waals surface area contributed by atoms with E-state index in [0.29, 0.717) is 13.1 Å². The number of carbonyl (C=O) groups excluding carboxylic acids is 1. The molecule has 3 rings (SSSR count). The molecule has 0 N–H and O–H groups in total. The van der Waals surface area contributed by atoms with Crippen molar-refractivity contribution in [1.82, 2.24) is 4.90 Å². The first kappa shape index (κ1) is 17.1. The van der Waals surface area contributed by atoms with Crippen LogP contribution in [-0.4, -0.2) is 17.4 Å². The molecule has 2 aromatic heterocycles. The van der Waals surface area contributed by atoms with Crippen LogP contribution >= 0.6 is 0 Å². The minimum Gasteiger partial charge on any atom is -0.469 e. The topological polar surface area (TPSA) is 46.6 Å². The van der Waals surface area contributed by atoms with E-state index >= 15 is 0 Å². The van der Waals surface area contributed by atoms with Crippen molar-refractivity contribution >= 4 is 5.91 Å². The van der Waals surface area contributed by atoms with Gasteiger partial charge in [0.05, 0.1) is 19.1 Å². The Bertz CT molecular complexity index is 773. The molecule has 0 spiro atoms. The average Bonchev–Trinajstić information content (AvgIpc) is 3.29. The van der Waals surface area contributed by atoms with Crippen LogP contribution in [0.25, 0.3) is 0 Å². The Morgan fingerprint density at radius 2 is 1.76 bits per heavy atom. The molecular formula is C21H23NO3. The lowest BCUT2D eigenvalue weighted by atomic mass is 9.92. The van der Waals surface area contributed by atoms with Gasteiger partial charge in [0.15, 0.2) is 0 Å². The summed E-state index contributed by atoms with van der Waals surface area (Å²) >= 11 is 0. The maximum Gasteiger partial charge on any atom is 0.219 e. The number of benzene rings is 1. The van der Waals surface area contributed by atoms with E-state index in [0.717, 1.165) is 17.9 Å². The second-order valence-corrected chi connectivity index (χ2v) is 6.29. The van der Waals surface area contributed by atoms with Gasteiger partial charge in [-0.05, 0) is 43.2 Å². The van der Waals surface area contributed by atoms with E-state index in [1.807, 2.05) is 29.2 Å². The molecule has 0 radical (unpaired) electrons. The lowest BCUT2D eigenvalue weighted by molar-refractivity contribution is -0.129. The second kappa shape index (κ2) is 7.88. The molecule has 1 amide bonds. The predicted molar refractivity (Wildman–Crippen MR) is 96.1 cm³/mol. The van der Waals surface area contributed by atoms with E-state index < -0.39 is 0 Å². The van der Waals surface area contributed by atoms with Gasteiger partial charge in [-0.2, -0.15) is 0 Å². The molecule has 1 unspecified atom stereocenters. The van der Waals surface area contributed by atoms with Crippen LogP contribution in [0, 0.1) is 6.92 Å². The van der Waals surface area contributed by atoms with Crippen molar-refractivity contribution in [2.45, 2.75) is 32.7 Å². The number of hydrogen-bond acceptors (Lipinski definition) is 3. The van der Waals surface area contributed by atoms with E-state index in [1.165, 1.54) is 11.1 Å². The minimum absolute atomic E-state index is 0.0403. The summed E-state index contributed by atoms with van der Waals surface area (Å²) in [4.78, 5) is 13.8. The van der Waals surface area contributed by atoms with Gasteiger partial charge in [0, 0.05) is 19.4 Å². The molecule has 0 aliphatic heterocycles. The number of carbonyl (C=O) groups is 1. The zero-order valence-corrected chi connectivity index (χ0v) is 14.6. The van der Waals surface area contributed by atoms with Crippen LogP contribution in [0.1, 0.15) is 41.9 Å². The molecule has 3 aromatic rings. The SMILES string of the molecule is CC(=O)N(CCC(c1ccc(C)cc1)c1ccco1)Cc1ccco1. The van der Waals surface area contributed by atoms with Gasteiger partial charge in [0.2, 0.25) is 5.91 Å². The molecule has 0 bridgehead atoms. The lowest BCUT2D eigenvalue weighted by Gasteiger charge is -2.23. The first-order chi connectivity index (χ1) is 12.1. The number of aryl methyl sites for hydroxylation is 1. The van der Waals surface area contributed by atoms with E-state index in [2.05, 4.69) is 31.2 Å². The molecule has 25 heavy (non-hydrogen) atoms. The highest BCUT2D eigenvalue weighted by Gasteiger charge is 2.20. The highest BCUT2D eigenvalue weighted by Crippen LogP contribution is 2.29. The molecule has 1 aromatic carbocycles. The largest absolute Gasteiger partial charge is 0.469 e. The number of furan rings is 2. The monoisotopic (exact) mass is 337 g/mol. The normalized spacial score (nSPS) is 12.1. The Morgan fingerprint density at radius 1 is 1.04 bits per heavy atom. The van der Waals surface area contributed by atoms with Crippen molar-refractivity contribution < 1.29 is 13.6 Å². The zero-order valence-electron chi connectivity index (χ0n) is 14.6. The van der Waals surface area contributed by atoms with Crippen molar-refractivity contribution in [2.75, 3.05) is 6.54 Å². The first-order valence-corrected chi connectivity index (χ1v) is 8.51. The molecule has 0 aliphatic carbocycles. The summed E-state index contributed by atoms with van der Waals surface area (Å²) in [5.41, 5.74) is 2.42. The second-order valence-electron chi connectivity index (χ2n) is 6.29. The highest BCUT2D eigenvalue weighted by atomic mass is 16.3. The number of hydrogen-bond donors (Lipinski definition) is 0. The van der Waals surface area contributed by atoms with E-state index in [4.69, 9.17) is 8.83 Å². The fourth-order valence-corrected chi connectivity index (χ4v) is 2.98. The number of nitrogens with zero attached hydrogens (tertiary/aromatic N) is 1. The van der Waals surface area contributed by atoms with Gasteiger partial charge in [-0.25, -0.2) is 0 Å². The third kappa shape index (κ3) is 4.41. The molecule has 2 heterocycles. The number of amides is 1. The fourth-order valence-electron chi connectivity index (χ4n) is 2.98. The summed E-state index contributed by atoms with van der Waals surface area (Å²) in [5, 5.41) is 0. The smallest absolute Gasteiger partial charge is 0.219 e. The van der Waals surface area contributed by atoms with Crippen molar-refractivity contribution in [3.8, 4) is 0 Å². The van der Waals surface area contributed by atoms with Crippen molar-refractivity contribution in [3.63, 3.8) is 0 Å². The summed E-state index contributed by atoms with van der Waals surface area (Å²) in [5.74, 6) is 1.87. The Hall–Kier alpha value is -2.75. The van der Waals surface area contributed by atoms with Crippen LogP contribution < -0.4 is 0 Å². The van der Waals surface area contributed by atoms with Gasteiger partial charge < -0.3 is 13.7 Å². The Morgan fingerprint density at radius 3 is 2.36 bits per heavy atom. The van der Waals surface area contributed by atoms with Gasteiger partial charge in [-0.3, -0.25) is 4.79 Å². The quantitative estimate of drug-likeness (QED) is 0.625. The predicted octanol–water partition coefficient (Wildman–Crippen LogP) is 4.75. The fraction of sp³-hybridized carbons (Fsp3) is 0.286. The average molecular weight is 337 g/mol. The van der Waals surface area contributed by atoms with Crippen LogP contribution in [0.15, 0.2) is 69.9 Å². The molecule has 4 heteroatoms. The minimum atomic E-state index is 0.0403. The van der Waals surface area contributed by atoms with Crippen molar-refractivity contribution in [2.24, 2.45) is 0 Å². The van der Waals surface area contributed by atoms with Gasteiger partial charge in [0.1, 0.15) is 11.5 Å². The molecule has 1 atom stereocenters. The van der Waals surface area contributed by atoms with E-state index in [1.54, 1.807) is 19.5 Å². The maximum absolute atomic E-state index is 12.0. The molecule has 4 nitrogen and oxygen atoms in total. The summed E-state index contributed by atoms with van der Waals surface area (Å²) in [7, 11) is 0. The summed E-state index contributed by atoms with van der Waals surface area (Å²) in [6.07, 6.45) is 4.12. The molecule has 0 saturated heterocycles. The Kier molecular flexibility index (Phi) is 5.39. The molecule has 0 saturated carbocycles. The summed E-state index contributed by atoms with van der Waals surface area (Å²) in [6, 6.07) is 16.1. The van der Waals surface area contributed by atoms with Gasteiger partial charge in [0.25, 0.3) is 0 Å². The van der Waals surface area contributed by atoms with Gasteiger partial charge in [-0.15, -0.1) is 0 Å². The Balaban J connectivity index is 1.75. The Labute approximate surface area is 148 Å². The molecule has 130 valence electrons. The zero-order chi connectivity index (χ0) is 17.6. The van der Waals surface area contributed by atoms with Crippen LogP contribution in [0.4, 0.5) is 0 Å². The third-order valence-corrected chi connectivity index (χ3v) is 4.43. The molecular weight excluding hydrogens is 314 g/mol. The van der Waals surface area contributed by atoms with Crippen molar-refractivity contribution in [3.05, 3.63) is 83.7 Å². The van der Waals surface area contributed by atoms with Gasteiger partial charge in [-0.1, -0.05) is 29.8 Å². The number of rotatable bonds is 7. The lowest BCUT2D eigenvalue weighted by Crippen LogP contribution is -2.30. The summed E-state index contributed by atoms with van der Waals surface area (Å²) in [6.45, 7) is 4.79. The van der Waals surface area contributed by atoms with Gasteiger partial charge >= 0.3 is 0 Å². The van der Waals surface area contributed by atoms with Crippen LogP contribution in [0.2, 0.25) is 0 Å². The first-order valence-electron chi connectivity index (χ1n) is 8.51. The molecule has 0 fully saturated rings. The van der Waals surface area contributed by atoms with Crippen LogP contribution in [0.3, 0.4) is 0 Å². The maximum atomic E-state index is 12.0. The van der Waals surface area contributed by atoms with E-state index in [9.17, 15) is 4.79 Å². The summed E-state index contributed by atoms with van der Waals surface area (Å²) < 4.78 is 11.0. The standard InChI is InChI=1S/C21H23NO3/c1-16-7-9-18(10-8-16)20(21-6-4-14-25-21)11-12-22(17(2)23)15-19-5-3-13-24-19/h3-10,13-14,20H,11-12,15H2,1-2H3. The van der Waals surface area contributed by atoms with Crippen LogP contribution in [-0.2, 0) is 11.3 Å². The highest BCUT2D eigenvalue weighted by molar-refractivity contribution is 5.73. The third-order valence-electron chi connectivity index (χ3n) is 4.43.